The summed E-state index contributed by atoms with van der Waals surface area (Å²) in [4.78, 5) is 0. The van der Waals surface area contributed by atoms with E-state index < -0.39 is 11.5 Å². The Morgan fingerprint density at radius 2 is 2.00 bits per heavy atom. The first-order chi connectivity index (χ1) is 5.16. The van der Waals surface area contributed by atoms with Crippen molar-refractivity contribution in [2.45, 2.75) is 24.3 Å². The lowest BCUT2D eigenvalue weighted by Crippen LogP contribution is -2.72. The average Bonchev–Trinajstić information content (AvgIpc) is 1.83. The summed E-state index contributed by atoms with van der Waals surface area (Å²) < 4.78 is 31.1. The quantitative estimate of drug-likeness (QED) is 0.569. The van der Waals surface area contributed by atoms with E-state index in [4.69, 9.17) is 4.74 Å². The maximum absolute atomic E-state index is 13.2. The van der Waals surface area contributed by atoms with Crippen LogP contribution in [0.15, 0.2) is 0 Å². The van der Waals surface area contributed by atoms with Gasteiger partial charge in [0.05, 0.1) is 13.2 Å². The molecule has 0 radical (unpaired) electrons. The third-order valence-corrected chi connectivity index (χ3v) is 2.53. The molecular formula is C7H11F2NO. The van der Waals surface area contributed by atoms with Gasteiger partial charge in [-0.25, -0.2) is 8.78 Å². The van der Waals surface area contributed by atoms with E-state index in [9.17, 15) is 8.78 Å². The molecule has 2 nitrogen and oxygen atoms in total. The standard InChI is InChI=1S/C7H11F2NO/c8-7(9)2-1-3-10-6(7)4-11-5-6/h10H,1-5H2. The first kappa shape index (κ1) is 7.43. The summed E-state index contributed by atoms with van der Waals surface area (Å²) in [6.07, 6.45) is 0.568. The summed E-state index contributed by atoms with van der Waals surface area (Å²) in [6, 6.07) is 0. The van der Waals surface area contributed by atoms with E-state index in [0.717, 1.165) is 0 Å². The first-order valence-electron chi connectivity index (χ1n) is 3.87. The van der Waals surface area contributed by atoms with Crippen LogP contribution >= 0.6 is 0 Å². The fourth-order valence-electron chi connectivity index (χ4n) is 1.63. The number of rotatable bonds is 0. The van der Waals surface area contributed by atoms with Crippen molar-refractivity contribution in [3.63, 3.8) is 0 Å². The molecule has 2 heterocycles. The molecule has 0 saturated carbocycles. The largest absolute Gasteiger partial charge is 0.377 e. The van der Waals surface area contributed by atoms with Crippen LogP contribution in [0.5, 0.6) is 0 Å². The number of nitrogens with one attached hydrogen (secondary N) is 1. The third kappa shape index (κ3) is 0.891. The summed E-state index contributed by atoms with van der Waals surface area (Å²) in [5, 5.41) is 2.85. The van der Waals surface area contributed by atoms with Gasteiger partial charge < -0.3 is 10.1 Å². The molecule has 1 spiro atoms. The van der Waals surface area contributed by atoms with Crippen molar-refractivity contribution in [2.24, 2.45) is 0 Å². The minimum Gasteiger partial charge on any atom is -0.377 e. The van der Waals surface area contributed by atoms with Gasteiger partial charge in [-0.15, -0.1) is 0 Å². The molecule has 4 heteroatoms. The van der Waals surface area contributed by atoms with Crippen LogP contribution in [-0.2, 0) is 4.74 Å². The molecule has 0 amide bonds. The van der Waals surface area contributed by atoms with Gasteiger partial charge in [-0.05, 0) is 13.0 Å². The zero-order valence-corrected chi connectivity index (χ0v) is 6.20. The summed E-state index contributed by atoms with van der Waals surface area (Å²) in [7, 11) is 0. The van der Waals surface area contributed by atoms with E-state index in [2.05, 4.69) is 5.32 Å². The number of hydrogen-bond acceptors (Lipinski definition) is 2. The van der Waals surface area contributed by atoms with Crippen molar-refractivity contribution in [2.75, 3.05) is 19.8 Å². The highest BCUT2D eigenvalue weighted by Crippen LogP contribution is 2.40. The highest BCUT2D eigenvalue weighted by molar-refractivity contribution is 5.07. The Morgan fingerprint density at radius 3 is 2.36 bits per heavy atom. The van der Waals surface area contributed by atoms with E-state index >= 15 is 0 Å². The second-order valence-corrected chi connectivity index (χ2v) is 3.31. The molecule has 0 unspecified atom stereocenters. The molecule has 1 N–H and O–H groups in total. The van der Waals surface area contributed by atoms with Crippen molar-refractivity contribution in [3.8, 4) is 0 Å². The molecule has 0 aromatic rings. The maximum atomic E-state index is 13.2. The lowest BCUT2D eigenvalue weighted by Gasteiger charge is -2.49. The molecule has 2 saturated heterocycles. The summed E-state index contributed by atoms with van der Waals surface area (Å²) in [6.45, 7) is 1.03. The van der Waals surface area contributed by atoms with Crippen molar-refractivity contribution < 1.29 is 13.5 Å². The Labute approximate surface area is 63.9 Å². The fraction of sp³-hybridized carbons (Fsp3) is 1.00. The minimum atomic E-state index is -2.57. The number of ether oxygens (including phenoxy) is 1. The predicted molar refractivity (Wildman–Crippen MR) is 35.7 cm³/mol. The molecule has 64 valence electrons. The maximum Gasteiger partial charge on any atom is 0.270 e. The van der Waals surface area contributed by atoms with Gasteiger partial charge in [0.2, 0.25) is 0 Å². The Kier molecular flexibility index (Phi) is 1.44. The van der Waals surface area contributed by atoms with E-state index in [1.165, 1.54) is 0 Å². The smallest absolute Gasteiger partial charge is 0.270 e. The Hall–Kier alpha value is -0.220. The van der Waals surface area contributed by atoms with Crippen LogP contribution in [0.25, 0.3) is 0 Å². The lowest BCUT2D eigenvalue weighted by atomic mass is 9.83. The molecule has 0 atom stereocenters. The van der Waals surface area contributed by atoms with Crippen molar-refractivity contribution in [1.29, 1.82) is 0 Å². The number of hydrogen-bond donors (Lipinski definition) is 1. The molecule has 0 aromatic heterocycles. The second kappa shape index (κ2) is 2.14. The van der Waals surface area contributed by atoms with Crippen molar-refractivity contribution in [3.05, 3.63) is 0 Å². The first-order valence-corrected chi connectivity index (χ1v) is 3.87. The predicted octanol–water partition coefficient (Wildman–Crippen LogP) is 0.774. The number of piperidine rings is 1. The Morgan fingerprint density at radius 1 is 1.27 bits per heavy atom. The molecule has 2 fully saturated rings. The van der Waals surface area contributed by atoms with Gasteiger partial charge in [-0.2, -0.15) is 0 Å². The van der Waals surface area contributed by atoms with Crippen LogP contribution < -0.4 is 5.32 Å². The van der Waals surface area contributed by atoms with Gasteiger partial charge in [0.1, 0.15) is 5.54 Å². The molecule has 2 aliphatic rings. The second-order valence-electron chi connectivity index (χ2n) is 3.31. The van der Waals surface area contributed by atoms with Gasteiger partial charge in [0, 0.05) is 6.42 Å². The number of halogens is 2. The van der Waals surface area contributed by atoms with Crippen LogP contribution in [-0.4, -0.2) is 31.2 Å². The molecule has 2 aliphatic heterocycles. The summed E-state index contributed by atoms with van der Waals surface area (Å²) in [5.74, 6) is -2.57. The monoisotopic (exact) mass is 163 g/mol. The zero-order chi connectivity index (χ0) is 7.95. The molecule has 0 aromatic carbocycles. The van der Waals surface area contributed by atoms with E-state index in [1.807, 2.05) is 0 Å². The van der Waals surface area contributed by atoms with Crippen LogP contribution in [0, 0.1) is 0 Å². The third-order valence-electron chi connectivity index (χ3n) is 2.53. The van der Waals surface area contributed by atoms with E-state index in [1.54, 1.807) is 0 Å². The summed E-state index contributed by atoms with van der Waals surface area (Å²) in [5.41, 5.74) is -1.01. The molecule has 2 rings (SSSR count). The molecule has 11 heavy (non-hydrogen) atoms. The Balaban J connectivity index is 2.15. The fourth-order valence-corrected chi connectivity index (χ4v) is 1.63. The van der Waals surface area contributed by atoms with Gasteiger partial charge in [0.15, 0.2) is 0 Å². The average molecular weight is 163 g/mol. The van der Waals surface area contributed by atoms with Crippen molar-refractivity contribution >= 4 is 0 Å². The van der Waals surface area contributed by atoms with Crippen LogP contribution in [0.2, 0.25) is 0 Å². The summed E-state index contributed by atoms with van der Waals surface area (Å²) >= 11 is 0. The van der Waals surface area contributed by atoms with Gasteiger partial charge in [-0.3, -0.25) is 0 Å². The van der Waals surface area contributed by atoms with Crippen LogP contribution in [0.1, 0.15) is 12.8 Å². The van der Waals surface area contributed by atoms with Gasteiger partial charge >= 0.3 is 0 Å². The highest BCUT2D eigenvalue weighted by atomic mass is 19.3. The SMILES string of the molecule is FC1(F)CCCNC12COC2. The van der Waals surface area contributed by atoms with Crippen LogP contribution in [0.3, 0.4) is 0 Å². The molecule has 0 bridgehead atoms. The van der Waals surface area contributed by atoms with Crippen LogP contribution in [0.4, 0.5) is 8.78 Å². The topological polar surface area (TPSA) is 21.3 Å². The van der Waals surface area contributed by atoms with E-state index in [0.29, 0.717) is 13.0 Å². The highest BCUT2D eigenvalue weighted by Gasteiger charge is 2.59. The Bertz CT molecular complexity index is 168. The normalized spacial score (nSPS) is 33.3. The minimum absolute atomic E-state index is 0.00333. The van der Waals surface area contributed by atoms with Gasteiger partial charge in [-0.1, -0.05) is 0 Å². The van der Waals surface area contributed by atoms with Gasteiger partial charge in [0.25, 0.3) is 5.92 Å². The number of alkyl halides is 2. The lowest BCUT2D eigenvalue weighted by molar-refractivity contribution is -0.217. The molecular weight excluding hydrogens is 152 g/mol. The molecule has 0 aliphatic carbocycles. The zero-order valence-electron chi connectivity index (χ0n) is 6.20. The van der Waals surface area contributed by atoms with Crippen molar-refractivity contribution in [1.82, 2.24) is 5.32 Å². The van der Waals surface area contributed by atoms with E-state index in [-0.39, 0.29) is 19.6 Å².